The molecule has 0 atom stereocenters. The third-order valence-electron chi connectivity index (χ3n) is 14.2. The van der Waals surface area contributed by atoms with Crippen molar-refractivity contribution in [3.05, 3.63) is 259 Å². The van der Waals surface area contributed by atoms with Gasteiger partial charge in [0, 0.05) is 27.5 Å². The second-order valence-electron chi connectivity index (χ2n) is 17.8. The normalized spacial score (nSPS) is 12.8. The molecule has 12 aromatic rings. The lowest BCUT2D eigenvalue weighted by Crippen LogP contribution is -2.25. The summed E-state index contributed by atoms with van der Waals surface area (Å²) in [5.41, 5.74) is 21.5. The van der Waals surface area contributed by atoms with Gasteiger partial charge < -0.3 is 4.42 Å². The van der Waals surface area contributed by atoms with Crippen LogP contribution in [0.3, 0.4) is 0 Å². The first-order valence-corrected chi connectivity index (χ1v) is 23.2. The molecule has 4 nitrogen and oxygen atoms in total. The van der Waals surface area contributed by atoms with Gasteiger partial charge in [0.2, 0.25) is 0 Å². The van der Waals surface area contributed by atoms with E-state index in [1.54, 1.807) is 0 Å². The Morgan fingerprint density at radius 2 is 0.676 bits per heavy atom. The Labute approximate surface area is 393 Å². The summed E-state index contributed by atoms with van der Waals surface area (Å²) in [4.78, 5) is 15.3. The summed E-state index contributed by atoms with van der Waals surface area (Å²) >= 11 is 0. The fraction of sp³-hybridized carbons (Fsp3) is 0.0156. The molecule has 0 saturated carbocycles. The van der Waals surface area contributed by atoms with Gasteiger partial charge in [0.15, 0.2) is 17.5 Å². The number of nitrogens with zero attached hydrogens (tertiary/aromatic N) is 3. The average molecular weight is 866 g/mol. The van der Waals surface area contributed by atoms with Gasteiger partial charge in [0.1, 0.15) is 11.2 Å². The molecular weight excluding hydrogens is 827 g/mol. The Morgan fingerprint density at radius 3 is 1.29 bits per heavy atom. The Hall–Kier alpha value is -8.99. The molecule has 0 fully saturated rings. The third-order valence-corrected chi connectivity index (χ3v) is 14.2. The standard InChI is InChI=1S/C64H39N3O/c1-3-14-40(15-4-1)41-30-32-45(33-31-41)62-65-61(44-16-5-2-6-17-44)66-63(67-62)51-21-13-25-59-60(51)53-39-47(35-37-58(53)68-59)43-28-26-42(27-29-43)46-34-36-57-52(38-46)50-20-9-12-24-56(50)64(57)54-22-10-7-18-48(54)49-19-8-11-23-55(49)64/h1-39H. The third kappa shape index (κ3) is 5.77. The van der Waals surface area contributed by atoms with Crippen LogP contribution in [0.15, 0.2) is 241 Å². The van der Waals surface area contributed by atoms with Crippen LogP contribution >= 0.6 is 0 Å². The van der Waals surface area contributed by atoms with E-state index in [-0.39, 0.29) is 5.41 Å². The quantitative estimate of drug-likeness (QED) is 0.167. The molecule has 316 valence electrons. The highest BCUT2D eigenvalue weighted by molar-refractivity contribution is 6.13. The lowest BCUT2D eigenvalue weighted by Gasteiger charge is -2.30. The van der Waals surface area contributed by atoms with Gasteiger partial charge >= 0.3 is 0 Å². The SMILES string of the molecule is c1ccc(-c2ccc(-c3nc(-c4ccccc4)nc(-c4cccc5oc6ccc(-c7ccc(-c8ccc9c(c8)-c8ccccc8C98c9ccccc9-c9ccccc98)cc7)cc6c45)n3)cc2)cc1. The Kier molecular flexibility index (Phi) is 8.46. The van der Waals surface area contributed by atoms with E-state index in [9.17, 15) is 0 Å². The first-order chi connectivity index (χ1) is 33.7. The highest BCUT2D eigenvalue weighted by atomic mass is 16.3. The highest BCUT2D eigenvalue weighted by Crippen LogP contribution is 2.63. The molecule has 2 heterocycles. The fourth-order valence-corrected chi connectivity index (χ4v) is 11.1. The van der Waals surface area contributed by atoms with Crippen LogP contribution < -0.4 is 0 Å². The number of benzene rings is 10. The first-order valence-electron chi connectivity index (χ1n) is 23.2. The Balaban J connectivity index is 0.841. The van der Waals surface area contributed by atoms with Crippen molar-refractivity contribution in [2.75, 3.05) is 0 Å². The van der Waals surface area contributed by atoms with E-state index in [4.69, 9.17) is 19.4 Å². The van der Waals surface area contributed by atoms with E-state index < -0.39 is 0 Å². The number of aromatic nitrogens is 3. The maximum Gasteiger partial charge on any atom is 0.164 e. The van der Waals surface area contributed by atoms with Crippen molar-refractivity contribution in [1.82, 2.24) is 15.0 Å². The van der Waals surface area contributed by atoms with Crippen LogP contribution in [0.2, 0.25) is 0 Å². The largest absolute Gasteiger partial charge is 0.456 e. The van der Waals surface area contributed by atoms with Gasteiger partial charge in [-0.05, 0) is 102 Å². The van der Waals surface area contributed by atoms with E-state index in [0.29, 0.717) is 17.5 Å². The molecule has 2 aromatic heterocycles. The molecule has 2 aliphatic rings. The molecule has 0 radical (unpaired) electrons. The van der Waals surface area contributed by atoms with Crippen molar-refractivity contribution < 1.29 is 4.42 Å². The van der Waals surface area contributed by atoms with Crippen molar-refractivity contribution in [3.63, 3.8) is 0 Å². The van der Waals surface area contributed by atoms with E-state index in [1.807, 2.05) is 48.5 Å². The molecule has 0 unspecified atom stereocenters. The molecule has 0 N–H and O–H groups in total. The molecule has 0 bridgehead atoms. The van der Waals surface area contributed by atoms with Gasteiger partial charge in [-0.25, -0.2) is 15.0 Å². The monoisotopic (exact) mass is 865 g/mol. The van der Waals surface area contributed by atoms with Crippen LogP contribution in [0.1, 0.15) is 22.3 Å². The first kappa shape index (κ1) is 38.3. The summed E-state index contributed by atoms with van der Waals surface area (Å²) in [6.07, 6.45) is 0. The minimum absolute atomic E-state index is 0.345. The van der Waals surface area contributed by atoms with E-state index in [1.165, 1.54) is 55.6 Å². The second-order valence-corrected chi connectivity index (χ2v) is 17.8. The van der Waals surface area contributed by atoms with Crippen molar-refractivity contribution in [1.29, 1.82) is 0 Å². The summed E-state index contributed by atoms with van der Waals surface area (Å²) in [7, 11) is 0. The minimum atomic E-state index is -0.345. The Morgan fingerprint density at radius 1 is 0.265 bits per heavy atom. The maximum atomic E-state index is 6.53. The van der Waals surface area contributed by atoms with E-state index in [2.05, 4.69) is 188 Å². The number of furan rings is 1. The number of rotatable bonds is 6. The van der Waals surface area contributed by atoms with Gasteiger partial charge in [-0.15, -0.1) is 0 Å². The van der Waals surface area contributed by atoms with Crippen LogP contribution in [0, 0.1) is 0 Å². The molecule has 68 heavy (non-hydrogen) atoms. The summed E-state index contributed by atoms with van der Waals surface area (Å²) in [6, 6.07) is 84.6. The predicted octanol–water partition coefficient (Wildman–Crippen LogP) is 16.1. The van der Waals surface area contributed by atoms with Crippen LogP contribution in [-0.2, 0) is 5.41 Å². The van der Waals surface area contributed by atoms with Gasteiger partial charge in [0.25, 0.3) is 0 Å². The van der Waals surface area contributed by atoms with Crippen LogP contribution in [0.5, 0.6) is 0 Å². The number of fused-ring (bicyclic) bond motifs is 13. The molecule has 0 aliphatic heterocycles. The molecule has 2 aliphatic carbocycles. The van der Waals surface area contributed by atoms with Gasteiger partial charge in [-0.2, -0.15) is 0 Å². The van der Waals surface area contributed by atoms with Gasteiger partial charge in [-0.1, -0.05) is 212 Å². The zero-order chi connectivity index (χ0) is 44.8. The number of hydrogen-bond acceptors (Lipinski definition) is 4. The smallest absolute Gasteiger partial charge is 0.164 e. The minimum Gasteiger partial charge on any atom is -0.456 e. The lowest BCUT2D eigenvalue weighted by atomic mass is 9.70. The van der Waals surface area contributed by atoms with Crippen molar-refractivity contribution >= 4 is 21.9 Å². The Bertz CT molecular complexity index is 3900. The van der Waals surface area contributed by atoms with Crippen LogP contribution in [0.25, 0.3) is 112 Å². The molecule has 1 spiro atoms. The van der Waals surface area contributed by atoms with Gasteiger partial charge in [0.05, 0.1) is 5.41 Å². The highest BCUT2D eigenvalue weighted by Gasteiger charge is 2.51. The summed E-state index contributed by atoms with van der Waals surface area (Å²) in [5.74, 6) is 1.82. The topological polar surface area (TPSA) is 51.8 Å². The van der Waals surface area contributed by atoms with Crippen molar-refractivity contribution in [2.24, 2.45) is 0 Å². The molecule has 0 saturated heterocycles. The van der Waals surface area contributed by atoms with Gasteiger partial charge in [-0.3, -0.25) is 0 Å². The maximum absolute atomic E-state index is 6.53. The average Bonchev–Trinajstić information content (AvgIpc) is 4.05. The second kappa shape index (κ2) is 15.0. The van der Waals surface area contributed by atoms with Crippen molar-refractivity contribution in [2.45, 2.75) is 5.41 Å². The molecule has 4 heteroatoms. The predicted molar refractivity (Wildman–Crippen MR) is 276 cm³/mol. The van der Waals surface area contributed by atoms with Crippen LogP contribution in [0.4, 0.5) is 0 Å². The molecular formula is C64H39N3O. The zero-order valence-corrected chi connectivity index (χ0v) is 36.8. The van der Waals surface area contributed by atoms with Crippen LogP contribution in [-0.4, -0.2) is 15.0 Å². The molecule has 14 rings (SSSR count). The fourth-order valence-electron chi connectivity index (χ4n) is 11.1. The van der Waals surface area contributed by atoms with Crippen molar-refractivity contribution in [3.8, 4) is 89.8 Å². The van der Waals surface area contributed by atoms with E-state index >= 15 is 0 Å². The molecule has 0 amide bonds. The zero-order valence-electron chi connectivity index (χ0n) is 36.8. The summed E-state index contributed by atoms with van der Waals surface area (Å²) in [5, 5.41) is 1.98. The summed E-state index contributed by atoms with van der Waals surface area (Å²) < 4.78 is 6.53. The lowest BCUT2D eigenvalue weighted by molar-refractivity contribution is 0.669. The molecule has 10 aromatic carbocycles. The summed E-state index contributed by atoms with van der Waals surface area (Å²) in [6.45, 7) is 0. The van der Waals surface area contributed by atoms with E-state index in [0.717, 1.165) is 60.9 Å². The number of hydrogen-bond donors (Lipinski definition) is 0.